The highest BCUT2D eigenvalue weighted by Crippen LogP contribution is 2.17. The van der Waals surface area contributed by atoms with Gasteiger partial charge in [0.05, 0.1) is 0 Å². The number of unbranched alkanes of at least 4 members (excludes halogenated alkanes) is 37. The molecule has 6 heteroatoms. The van der Waals surface area contributed by atoms with Crippen molar-refractivity contribution in [2.75, 3.05) is 13.2 Å². The molecule has 0 bridgehead atoms. The van der Waals surface area contributed by atoms with Crippen LogP contribution < -0.4 is 0 Å². The topological polar surface area (TPSA) is 78.9 Å². The number of esters is 3. The zero-order valence-electron chi connectivity index (χ0n) is 50.5. The average Bonchev–Trinajstić information content (AvgIpc) is 3.42. The molecule has 0 fully saturated rings. The molecule has 0 saturated heterocycles. The molecular formula is C70H124O6. The van der Waals surface area contributed by atoms with Gasteiger partial charge in [0.25, 0.3) is 0 Å². The number of rotatable bonds is 60. The number of carbonyl (C=O) groups excluding carboxylic acids is 3. The maximum Gasteiger partial charge on any atom is 0.306 e. The Morgan fingerprint density at radius 1 is 0.276 bits per heavy atom. The van der Waals surface area contributed by atoms with Crippen molar-refractivity contribution in [3.63, 3.8) is 0 Å². The van der Waals surface area contributed by atoms with Crippen molar-refractivity contribution in [1.29, 1.82) is 0 Å². The summed E-state index contributed by atoms with van der Waals surface area (Å²) in [4.78, 5) is 38.3. The Bertz CT molecular complexity index is 1400. The van der Waals surface area contributed by atoms with Crippen LogP contribution in [0.25, 0.3) is 0 Å². The lowest BCUT2D eigenvalue weighted by Crippen LogP contribution is -2.30. The monoisotopic (exact) mass is 1060 g/mol. The Balaban J connectivity index is 4.30. The molecule has 0 aliphatic heterocycles. The first kappa shape index (κ1) is 72.8. The molecule has 0 aromatic heterocycles. The van der Waals surface area contributed by atoms with Gasteiger partial charge in [-0.05, 0) is 89.9 Å². The predicted molar refractivity (Wildman–Crippen MR) is 330 cm³/mol. The van der Waals surface area contributed by atoms with Crippen LogP contribution in [0.2, 0.25) is 0 Å². The van der Waals surface area contributed by atoms with Gasteiger partial charge in [-0.3, -0.25) is 14.4 Å². The molecule has 0 saturated carbocycles. The number of carbonyl (C=O) groups is 3. The van der Waals surface area contributed by atoms with Crippen LogP contribution in [0, 0.1) is 0 Å². The summed E-state index contributed by atoms with van der Waals surface area (Å²) in [5.74, 6) is -0.901. The molecule has 1 atom stereocenters. The van der Waals surface area contributed by atoms with E-state index in [9.17, 15) is 14.4 Å². The minimum atomic E-state index is -0.789. The largest absolute Gasteiger partial charge is 0.462 e. The number of allylic oxidation sites excluding steroid dienone is 12. The molecule has 0 rings (SSSR count). The molecule has 440 valence electrons. The third-order valence-electron chi connectivity index (χ3n) is 14.4. The molecule has 0 aliphatic carbocycles. The van der Waals surface area contributed by atoms with Gasteiger partial charge in [0.1, 0.15) is 13.2 Å². The molecule has 0 N–H and O–H groups in total. The molecule has 1 unspecified atom stereocenters. The van der Waals surface area contributed by atoms with E-state index >= 15 is 0 Å². The van der Waals surface area contributed by atoms with E-state index in [0.717, 1.165) is 96.3 Å². The molecule has 0 amide bonds. The summed E-state index contributed by atoms with van der Waals surface area (Å²) in [6, 6.07) is 0. The first-order valence-electron chi connectivity index (χ1n) is 32.9. The lowest BCUT2D eigenvalue weighted by molar-refractivity contribution is -0.167. The summed E-state index contributed by atoms with van der Waals surface area (Å²) in [7, 11) is 0. The van der Waals surface area contributed by atoms with Gasteiger partial charge in [-0.25, -0.2) is 0 Å². The van der Waals surface area contributed by atoms with E-state index in [1.165, 1.54) is 199 Å². The van der Waals surface area contributed by atoms with E-state index in [1.54, 1.807) is 0 Å². The van der Waals surface area contributed by atoms with Gasteiger partial charge in [0.15, 0.2) is 6.10 Å². The minimum absolute atomic E-state index is 0.0842. The Hall–Kier alpha value is -3.15. The van der Waals surface area contributed by atoms with Crippen LogP contribution >= 0.6 is 0 Å². The van der Waals surface area contributed by atoms with Gasteiger partial charge in [-0.2, -0.15) is 0 Å². The number of hydrogen-bond donors (Lipinski definition) is 0. The fourth-order valence-electron chi connectivity index (χ4n) is 9.53. The van der Waals surface area contributed by atoms with E-state index in [0.29, 0.717) is 19.3 Å². The van der Waals surface area contributed by atoms with Crippen LogP contribution in [-0.4, -0.2) is 37.2 Å². The van der Waals surface area contributed by atoms with Gasteiger partial charge in [0.2, 0.25) is 0 Å². The first-order valence-corrected chi connectivity index (χ1v) is 32.9. The van der Waals surface area contributed by atoms with Gasteiger partial charge in [-0.15, -0.1) is 0 Å². The molecule has 0 spiro atoms. The molecule has 0 aromatic rings. The lowest BCUT2D eigenvalue weighted by atomic mass is 10.0. The van der Waals surface area contributed by atoms with Gasteiger partial charge >= 0.3 is 17.9 Å². The number of hydrogen-bond acceptors (Lipinski definition) is 6. The number of ether oxygens (including phenoxy) is 3. The third-order valence-corrected chi connectivity index (χ3v) is 14.4. The second kappa shape index (κ2) is 64.4. The first-order chi connectivity index (χ1) is 37.5. The van der Waals surface area contributed by atoms with Crippen LogP contribution in [0.5, 0.6) is 0 Å². The Labute approximate surface area is 472 Å². The Morgan fingerprint density at radius 3 is 0.816 bits per heavy atom. The van der Waals surface area contributed by atoms with Crippen molar-refractivity contribution in [3.05, 3.63) is 72.9 Å². The normalized spacial score (nSPS) is 12.5. The third kappa shape index (κ3) is 61.7. The predicted octanol–water partition coefficient (Wildman–Crippen LogP) is 22.5. The van der Waals surface area contributed by atoms with Crippen molar-refractivity contribution in [1.82, 2.24) is 0 Å². The summed E-state index contributed by atoms with van der Waals surface area (Å²) in [5, 5.41) is 0. The molecule has 0 radical (unpaired) electrons. The van der Waals surface area contributed by atoms with E-state index in [2.05, 4.69) is 93.7 Å². The quantitative estimate of drug-likeness (QED) is 0.0261. The summed E-state index contributed by atoms with van der Waals surface area (Å²) in [6.07, 6.45) is 83.5. The van der Waals surface area contributed by atoms with Crippen molar-refractivity contribution >= 4 is 17.9 Å². The smallest absolute Gasteiger partial charge is 0.306 e. The summed E-state index contributed by atoms with van der Waals surface area (Å²) < 4.78 is 16.9. The van der Waals surface area contributed by atoms with E-state index < -0.39 is 6.10 Å². The Morgan fingerprint density at radius 2 is 0.513 bits per heavy atom. The van der Waals surface area contributed by atoms with Gasteiger partial charge in [0, 0.05) is 19.3 Å². The molecule has 76 heavy (non-hydrogen) atoms. The summed E-state index contributed by atoms with van der Waals surface area (Å²) in [5.41, 5.74) is 0. The fraction of sp³-hybridized carbons (Fsp3) is 0.786. The van der Waals surface area contributed by atoms with Crippen molar-refractivity contribution in [3.8, 4) is 0 Å². The van der Waals surface area contributed by atoms with E-state index in [-0.39, 0.29) is 31.1 Å². The van der Waals surface area contributed by atoms with E-state index in [1.807, 2.05) is 0 Å². The zero-order valence-corrected chi connectivity index (χ0v) is 50.5. The van der Waals surface area contributed by atoms with Crippen LogP contribution in [0.3, 0.4) is 0 Å². The van der Waals surface area contributed by atoms with Gasteiger partial charge < -0.3 is 14.2 Å². The Kier molecular flexibility index (Phi) is 61.7. The fourth-order valence-corrected chi connectivity index (χ4v) is 9.53. The van der Waals surface area contributed by atoms with Crippen molar-refractivity contribution in [2.24, 2.45) is 0 Å². The van der Waals surface area contributed by atoms with Crippen molar-refractivity contribution < 1.29 is 28.6 Å². The zero-order chi connectivity index (χ0) is 55.0. The highest BCUT2D eigenvalue weighted by Gasteiger charge is 2.19. The maximum atomic E-state index is 12.9. The van der Waals surface area contributed by atoms with Crippen LogP contribution in [0.4, 0.5) is 0 Å². The summed E-state index contributed by atoms with van der Waals surface area (Å²) >= 11 is 0. The molecular weight excluding hydrogens is 937 g/mol. The second-order valence-electron chi connectivity index (χ2n) is 22.0. The lowest BCUT2D eigenvalue weighted by Gasteiger charge is -2.18. The second-order valence-corrected chi connectivity index (χ2v) is 22.0. The van der Waals surface area contributed by atoms with E-state index in [4.69, 9.17) is 14.2 Å². The SMILES string of the molecule is CC/C=C\C/C=C\C/C=C\CCCCCC(=O)OCC(COC(=O)CCCCCCCCCCCC/C=C\C/C=C\C/C=C\CCCCCCC)OC(=O)CCCCCCCCCCCCCCCCCCCCCC. The summed E-state index contributed by atoms with van der Waals surface area (Å²) in [6.45, 7) is 6.53. The average molecular weight is 1060 g/mol. The molecule has 0 aliphatic rings. The van der Waals surface area contributed by atoms with Crippen molar-refractivity contribution in [2.45, 2.75) is 341 Å². The maximum absolute atomic E-state index is 12.9. The standard InChI is InChI=1S/C70H124O6/c1-4-7-10-13-16-19-22-25-27-29-31-33-34-35-36-37-39-40-42-45-48-51-54-57-60-63-69(72)75-66-67(65-74-68(71)62-59-56-53-50-47-44-24-21-18-15-12-9-6-3)76-70(73)64-61-58-55-52-49-46-43-41-38-32-30-28-26-23-20-17-14-11-8-5-2/h9,12,18,21-22,25,29,31,34-35,44,47,67H,4-8,10-11,13-17,19-20,23-24,26-28,30,32-33,36-43,45-46,48-66H2,1-3H3/b12-9-,21-18-,25-22-,31-29-,35-34-,47-44-. The van der Waals surface area contributed by atoms with Crippen LogP contribution in [0.15, 0.2) is 72.9 Å². The highest BCUT2D eigenvalue weighted by molar-refractivity contribution is 5.71. The van der Waals surface area contributed by atoms with Gasteiger partial charge in [-0.1, -0.05) is 299 Å². The van der Waals surface area contributed by atoms with Crippen LogP contribution in [0.1, 0.15) is 335 Å². The highest BCUT2D eigenvalue weighted by atomic mass is 16.6. The molecule has 6 nitrogen and oxygen atoms in total. The molecule has 0 aromatic carbocycles. The van der Waals surface area contributed by atoms with Crippen LogP contribution in [-0.2, 0) is 28.6 Å². The molecule has 0 heterocycles. The minimum Gasteiger partial charge on any atom is -0.462 e.